The van der Waals surface area contributed by atoms with E-state index in [2.05, 4.69) is 17.2 Å². The molecule has 2 rings (SSSR count). The van der Waals surface area contributed by atoms with Crippen molar-refractivity contribution in [3.63, 3.8) is 0 Å². The zero-order chi connectivity index (χ0) is 10.5. The van der Waals surface area contributed by atoms with E-state index in [9.17, 15) is 0 Å². The van der Waals surface area contributed by atoms with Gasteiger partial charge in [-0.15, -0.1) is 11.3 Å². The van der Waals surface area contributed by atoms with Crippen LogP contribution in [0.15, 0.2) is 6.20 Å². The number of nitrogens with zero attached hydrogens (tertiary/aromatic N) is 1. The Hall–Kier alpha value is -0.450. The van der Waals surface area contributed by atoms with Crippen molar-refractivity contribution in [2.75, 3.05) is 19.8 Å². The number of nitrogens with one attached hydrogen (secondary N) is 1. The lowest BCUT2D eigenvalue weighted by Gasteiger charge is -2.21. The minimum Gasteiger partial charge on any atom is -0.381 e. The van der Waals surface area contributed by atoms with Gasteiger partial charge in [-0.2, -0.15) is 0 Å². The first kappa shape index (κ1) is 11.0. The Morgan fingerprint density at radius 3 is 3.27 bits per heavy atom. The molecule has 2 heterocycles. The summed E-state index contributed by atoms with van der Waals surface area (Å²) in [5.41, 5.74) is 0. The number of aryl methyl sites for hydroxylation is 1. The normalized spacial score (nSPS) is 21.8. The maximum atomic E-state index is 5.44. The standard InChI is InChI=1S/C11H18N2OS/c1-9-5-13-11(15-9)7-12-6-10-3-2-4-14-8-10/h5,10,12H,2-4,6-8H2,1H3. The molecular formula is C11H18N2OS. The lowest BCUT2D eigenvalue weighted by molar-refractivity contribution is 0.0547. The first-order chi connectivity index (χ1) is 7.34. The monoisotopic (exact) mass is 226 g/mol. The molecule has 15 heavy (non-hydrogen) atoms. The minimum absolute atomic E-state index is 0.694. The quantitative estimate of drug-likeness (QED) is 0.852. The van der Waals surface area contributed by atoms with Crippen molar-refractivity contribution < 1.29 is 4.74 Å². The average Bonchev–Trinajstić information content (AvgIpc) is 2.66. The zero-order valence-corrected chi connectivity index (χ0v) is 9.98. The third kappa shape index (κ3) is 3.55. The lowest BCUT2D eigenvalue weighted by Crippen LogP contribution is -2.28. The summed E-state index contributed by atoms with van der Waals surface area (Å²) in [5.74, 6) is 0.694. The number of hydrogen-bond acceptors (Lipinski definition) is 4. The van der Waals surface area contributed by atoms with Crippen LogP contribution >= 0.6 is 11.3 Å². The Morgan fingerprint density at radius 2 is 2.60 bits per heavy atom. The predicted octanol–water partition coefficient (Wildman–Crippen LogP) is 1.97. The van der Waals surface area contributed by atoms with Crippen molar-refractivity contribution in [1.29, 1.82) is 0 Å². The summed E-state index contributed by atoms with van der Waals surface area (Å²) < 4.78 is 5.44. The van der Waals surface area contributed by atoms with Crippen LogP contribution in [0.2, 0.25) is 0 Å². The first-order valence-corrected chi connectivity index (χ1v) is 6.36. The fraction of sp³-hybridized carbons (Fsp3) is 0.727. The second-order valence-electron chi connectivity index (χ2n) is 4.08. The molecule has 1 aromatic heterocycles. The van der Waals surface area contributed by atoms with E-state index in [4.69, 9.17) is 4.74 Å². The first-order valence-electron chi connectivity index (χ1n) is 5.54. The molecule has 3 nitrogen and oxygen atoms in total. The van der Waals surface area contributed by atoms with Crippen LogP contribution in [0.1, 0.15) is 22.7 Å². The summed E-state index contributed by atoms with van der Waals surface area (Å²) in [7, 11) is 0. The van der Waals surface area contributed by atoms with Gasteiger partial charge in [-0.05, 0) is 25.7 Å². The zero-order valence-electron chi connectivity index (χ0n) is 9.16. The smallest absolute Gasteiger partial charge is 0.107 e. The summed E-state index contributed by atoms with van der Waals surface area (Å²) in [4.78, 5) is 5.61. The van der Waals surface area contributed by atoms with Crippen molar-refractivity contribution in [3.8, 4) is 0 Å². The van der Waals surface area contributed by atoms with Crippen molar-refractivity contribution in [2.24, 2.45) is 5.92 Å². The van der Waals surface area contributed by atoms with Gasteiger partial charge < -0.3 is 10.1 Å². The van der Waals surface area contributed by atoms with Crippen LogP contribution in [0.25, 0.3) is 0 Å². The van der Waals surface area contributed by atoms with Gasteiger partial charge in [0.15, 0.2) is 0 Å². The Morgan fingerprint density at radius 1 is 1.67 bits per heavy atom. The maximum Gasteiger partial charge on any atom is 0.107 e. The summed E-state index contributed by atoms with van der Waals surface area (Å²) in [6, 6.07) is 0. The number of rotatable bonds is 4. The van der Waals surface area contributed by atoms with Gasteiger partial charge in [0.2, 0.25) is 0 Å². The average molecular weight is 226 g/mol. The molecule has 1 aliphatic rings. The second kappa shape index (κ2) is 5.58. The molecule has 0 saturated carbocycles. The van der Waals surface area contributed by atoms with Gasteiger partial charge in [0.1, 0.15) is 5.01 Å². The molecule has 1 fully saturated rings. The fourth-order valence-electron chi connectivity index (χ4n) is 1.83. The van der Waals surface area contributed by atoms with E-state index < -0.39 is 0 Å². The topological polar surface area (TPSA) is 34.2 Å². The molecule has 0 aromatic carbocycles. The number of thiazole rings is 1. The Balaban J connectivity index is 1.65. The molecule has 0 bridgehead atoms. The molecule has 1 unspecified atom stereocenters. The largest absolute Gasteiger partial charge is 0.381 e. The third-order valence-corrected chi connectivity index (χ3v) is 3.55. The Labute approximate surface area is 94.9 Å². The van der Waals surface area contributed by atoms with Crippen LogP contribution in [0.5, 0.6) is 0 Å². The summed E-state index contributed by atoms with van der Waals surface area (Å²) in [5, 5.41) is 4.64. The highest BCUT2D eigenvalue weighted by atomic mass is 32.1. The van der Waals surface area contributed by atoms with Crippen LogP contribution in [0.3, 0.4) is 0 Å². The molecule has 1 aromatic rings. The van der Waals surface area contributed by atoms with Crippen LogP contribution in [0.4, 0.5) is 0 Å². The van der Waals surface area contributed by atoms with E-state index in [-0.39, 0.29) is 0 Å². The fourth-order valence-corrected chi connectivity index (χ4v) is 2.59. The van der Waals surface area contributed by atoms with Gasteiger partial charge in [-0.25, -0.2) is 4.98 Å². The van der Waals surface area contributed by atoms with E-state index in [0.717, 1.165) is 26.3 Å². The van der Waals surface area contributed by atoms with Crippen molar-refractivity contribution >= 4 is 11.3 Å². The van der Waals surface area contributed by atoms with Crippen molar-refractivity contribution in [3.05, 3.63) is 16.1 Å². The molecule has 0 amide bonds. The van der Waals surface area contributed by atoms with Gasteiger partial charge >= 0.3 is 0 Å². The molecule has 0 radical (unpaired) electrons. The van der Waals surface area contributed by atoms with E-state index in [1.165, 1.54) is 22.7 Å². The molecule has 4 heteroatoms. The third-order valence-electron chi connectivity index (χ3n) is 2.63. The SMILES string of the molecule is Cc1cnc(CNCC2CCCOC2)s1. The van der Waals surface area contributed by atoms with E-state index >= 15 is 0 Å². The highest BCUT2D eigenvalue weighted by Gasteiger charge is 2.13. The second-order valence-corrected chi connectivity index (χ2v) is 5.40. The number of hydrogen-bond donors (Lipinski definition) is 1. The van der Waals surface area contributed by atoms with Crippen LogP contribution < -0.4 is 5.32 Å². The molecule has 1 N–H and O–H groups in total. The molecule has 0 spiro atoms. The molecule has 1 atom stereocenters. The van der Waals surface area contributed by atoms with E-state index in [0.29, 0.717) is 5.92 Å². The lowest BCUT2D eigenvalue weighted by atomic mass is 10.0. The summed E-state index contributed by atoms with van der Waals surface area (Å²) in [6.45, 7) is 5.91. The Bertz CT molecular complexity index is 295. The van der Waals surface area contributed by atoms with Gasteiger partial charge in [-0.1, -0.05) is 0 Å². The molecular weight excluding hydrogens is 208 g/mol. The van der Waals surface area contributed by atoms with Gasteiger partial charge in [0, 0.05) is 30.8 Å². The highest BCUT2D eigenvalue weighted by Crippen LogP contribution is 2.13. The minimum atomic E-state index is 0.694. The van der Waals surface area contributed by atoms with Crippen LogP contribution in [-0.4, -0.2) is 24.7 Å². The van der Waals surface area contributed by atoms with E-state index in [1.54, 1.807) is 11.3 Å². The highest BCUT2D eigenvalue weighted by molar-refractivity contribution is 7.11. The van der Waals surface area contributed by atoms with Gasteiger partial charge in [0.05, 0.1) is 6.61 Å². The van der Waals surface area contributed by atoms with Gasteiger partial charge in [-0.3, -0.25) is 0 Å². The van der Waals surface area contributed by atoms with Crippen LogP contribution in [-0.2, 0) is 11.3 Å². The van der Waals surface area contributed by atoms with E-state index in [1.807, 2.05) is 6.20 Å². The van der Waals surface area contributed by atoms with Crippen LogP contribution in [0, 0.1) is 12.8 Å². The summed E-state index contributed by atoms with van der Waals surface area (Å²) >= 11 is 1.77. The molecule has 84 valence electrons. The molecule has 1 saturated heterocycles. The Kier molecular flexibility index (Phi) is 4.11. The van der Waals surface area contributed by atoms with Gasteiger partial charge in [0.25, 0.3) is 0 Å². The molecule has 1 aliphatic heterocycles. The number of aromatic nitrogens is 1. The molecule has 0 aliphatic carbocycles. The maximum absolute atomic E-state index is 5.44. The summed E-state index contributed by atoms with van der Waals surface area (Å²) in [6.07, 6.45) is 4.44. The van der Waals surface area contributed by atoms with Crippen molar-refractivity contribution in [2.45, 2.75) is 26.3 Å². The predicted molar refractivity (Wildman–Crippen MR) is 62.1 cm³/mol. The number of ether oxygens (including phenoxy) is 1. The van der Waals surface area contributed by atoms with Crippen molar-refractivity contribution in [1.82, 2.24) is 10.3 Å².